The van der Waals surface area contributed by atoms with Crippen molar-refractivity contribution in [3.8, 4) is 0 Å². The van der Waals surface area contributed by atoms with Gasteiger partial charge >= 0.3 is 0 Å². The van der Waals surface area contributed by atoms with E-state index in [9.17, 15) is 8.78 Å². The molecule has 0 aliphatic rings. The van der Waals surface area contributed by atoms with Gasteiger partial charge in [-0.05, 0) is 83.9 Å². The second kappa shape index (κ2) is 13.1. The number of fused-ring (bicyclic) bond motifs is 1. The van der Waals surface area contributed by atoms with Crippen LogP contribution in [0, 0.1) is 17.5 Å². The van der Waals surface area contributed by atoms with Crippen molar-refractivity contribution in [2.75, 3.05) is 0 Å². The number of unbranched alkanes of at least 4 members (excludes halogenated alkanes) is 4. The van der Waals surface area contributed by atoms with E-state index in [2.05, 4.69) is 37.3 Å². The van der Waals surface area contributed by atoms with E-state index in [1.165, 1.54) is 60.9 Å². The maximum atomic E-state index is 15.2. The Hall–Kier alpha value is -2.78. The monoisotopic (exact) mass is 522 g/mol. The molecule has 0 heterocycles. The van der Waals surface area contributed by atoms with Crippen LogP contribution < -0.4 is 0 Å². The van der Waals surface area contributed by atoms with Crippen molar-refractivity contribution in [3.63, 3.8) is 0 Å². The Balaban J connectivity index is 1.34. The second-order valence-corrected chi connectivity index (χ2v) is 10.3. The zero-order valence-electron chi connectivity index (χ0n) is 21.4. The predicted octanol–water partition coefficient (Wildman–Crippen LogP) is 9.99. The van der Waals surface area contributed by atoms with Crippen molar-refractivity contribution < 1.29 is 13.2 Å². The average Bonchev–Trinajstić information content (AvgIpc) is 2.90. The molecule has 37 heavy (non-hydrogen) atoms. The quantitative estimate of drug-likeness (QED) is 0.128. The molecule has 4 aromatic carbocycles. The van der Waals surface area contributed by atoms with Crippen LogP contribution in [0.4, 0.5) is 13.2 Å². The first-order valence-corrected chi connectivity index (χ1v) is 13.7. The van der Waals surface area contributed by atoms with E-state index in [4.69, 9.17) is 11.6 Å². The minimum Gasteiger partial charge on any atom is -0.206 e. The highest BCUT2D eigenvalue weighted by Crippen LogP contribution is 2.26. The Morgan fingerprint density at radius 3 is 1.86 bits per heavy atom. The highest BCUT2D eigenvalue weighted by molar-refractivity contribution is 6.30. The van der Waals surface area contributed by atoms with E-state index in [0.717, 1.165) is 24.6 Å². The summed E-state index contributed by atoms with van der Waals surface area (Å²) in [5.41, 5.74) is 4.87. The van der Waals surface area contributed by atoms with Crippen LogP contribution in [0.1, 0.15) is 66.8 Å². The largest absolute Gasteiger partial charge is 0.206 e. The molecule has 0 aliphatic carbocycles. The SMILES string of the molecule is CCCCCCCc1ccc(CCc2ccc3c(F)c(CCc4cc(F)c(Cl)c(F)c4)ccc3c2)cc1. The molecule has 0 fully saturated rings. The summed E-state index contributed by atoms with van der Waals surface area (Å²) in [4.78, 5) is 0. The summed E-state index contributed by atoms with van der Waals surface area (Å²) in [5, 5.41) is 0.917. The van der Waals surface area contributed by atoms with Gasteiger partial charge in [-0.1, -0.05) is 98.8 Å². The maximum Gasteiger partial charge on any atom is 0.145 e. The second-order valence-electron chi connectivity index (χ2n) is 9.95. The lowest BCUT2D eigenvalue weighted by Gasteiger charge is -2.10. The first-order chi connectivity index (χ1) is 17.9. The van der Waals surface area contributed by atoms with Gasteiger partial charge in [0.2, 0.25) is 0 Å². The lowest BCUT2D eigenvalue weighted by atomic mass is 9.97. The van der Waals surface area contributed by atoms with Gasteiger partial charge in [-0.2, -0.15) is 0 Å². The molecule has 0 spiro atoms. The first-order valence-electron chi connectivity index (χ1n) is 13.4. The van der Waals surface area contributed by atoms with Gasteiger partial charge < -0.3 is 0 Å². The van der Waals surface area contributed by atoms with Gasteiger partial charge in [-0.3, -0.25) is 0 Å². The molecule has 0 amide bonds. The molecule has 4 rings (SSSR count). The van der Waals surface area contributed by atoms with Crippen LogP contribution in [0.25, 0.3) is 10.8 Å². The standard InChI is InChI=1S/C33H34ClF3/c1-2-3-4-5-6-7-23-8-10-24(11-9-23)12-13-25-15-19-29-28(20-25)18-17-27(33(29)37)16-14-26-21-30(35)32(34)31(36)22-26/h8-11,15,17-22H,2-7,12-14,16H2,1H3. The molecule has 4 heteroatoms. The summed E-state index contributed by atoms with van der Waals surface area (Å²) in [6, 6.07) is 20.9. The number of aryl methyl sites for hydroxylation is 5. The molecule has 0 bridgehead atoms. The lowest BCUT2D eigenvalue weighted by Crippen LogP contribution is -1.98. The van der Waals surface area contributed by atoms with Crippen LogP contribution in [0.15, 0.2) is 66.7 Å². The summed E-state index contributed by atoms with van der Waals surface area (Å²) in [6.07, 6.45) is 10.2. The molecular formula is C33H34ClF3. The van der Waals surface area contributed by atoms with E-state index >= 15 is 4.39 Å². The lowest BCUT2D eigenvalue weighted by molar-refractivity contribution is 0.579. The van der Waals surface area contributed by atoms with Crippen molar-refractivity contribution >= 4 is 22.4 Å². The summed E-state index contributed by atoms with van der Waals surface area (Å²) in [7, 11) is 0. The Morgan fingerprint density at radius 1 is 0.568 bits per heavy atom. The van der Waals surface area contributed by atoms with Crippen LogP contribution in [0.5, 0.6) is 0 Å². The third-order valence-corrected chi connectivity index (χ3v) is 7.48. The number of benzene rings is 4. The Labute approximate surface area is 223 Å². The van der Waals surface area contributed by atoms with Gasteiger partial charge in [0.15, 0.2) is 0 Å². The Kier molecular flexibility index (Phi) is 9.68. The zero-order valence-corrected chi connectivity index (χ0v) is 22.2. The fourth-order valence-corrected chi connectivity index (χ4v) is 4.97. The van der Waals surface area contributed by atoms with Gasteiger partial charge in [0.25, 0.3) is 0 Å². The zero-order chi connectivity index (χ0) is 26.2. The number of halogens is 4. The van der Waals surface area contributed by atoms with E-state index in [1.54, 1.807) is 6.07 Å². The van der Waals surface area contributed by atoms with E-state index in [1.807, 2.05) is 18.2 Å². The van der Waals surface area contributed by atoms with Gasteiger partial charge in [0.1, 0.15) is 22.5 Å². The number of hydrogen-bond acceptors (Lipinski definition) is 0. The van der Waals surface area contributed by atoms with E-state index in [0.29, 0.717) is 29.4 Å². The summed E-state index contributed by atoms with van der Waals surface area (Å²) >= 11 is 5.55. The van der Waals surface area contributed by atoms with Crippen molar-refractivity contribution in [2.45, 2.75) is 71.1 Å². The van der Waals surface area contributed by atoms with Crippen LogP contribution in [-0.2, 0) is 32.1 Å². The Bertz CT molecular complexity index is 1300. The minimum atomic E-state index is -0.795. The van der Waals surface area contributed by atoms with Crippen LogP contribution in [0.3, 0.4) is 0 Å². The van der Waals surface area contributed by atoms with Gasteiger partial charge in [-0.15, -0.1) is 0 Å². The molecule has 194 valence electrons. The molecule has 0 aromatic heterocycles. The van der Waals surface area contributed by atoms with Crippen molar-refractivity contribution in [3.05, 3.63) is 117 Å². The molecule has 0 saturated carbocycles. The van der Waals surface area contributed by atoms with Crippen molar-refractivity contribution in [1.82, 2.24) is 0 Å². The van der Waals surface area contributed by atoms with Gasteiger partial charge in [-0.25, -0.2) is 13.2 Å². The predicted molar refractivity (Wildman–Crippen MR) is 149 cm³/mol. The molecule has 0 atom stereocenters. The smallest absolute Gasteiger partial charge is 0.145 e. The number of rotatable bonds is 12. The molecule has 4 aromatic rings. The van der Waals surface area contributed by atoms with E-state index < -0.39 is 16.7 Å². The molecule has 0 N–H and O–H groups in total. The van der Waals surface area contributed by atoms with E-state index in [-0.39, 0.29) is 5.82 Å². The van der Waals surface area contributed by atoms with Crippen LogP contribution >= 0.6 is 11.6 Å². The molecule has 0 saturated heterocycles. The molecule has 0 nitrogen and oxygen atoms in total. The number of hydrogen-bond donors (Lipinski definition) is 0. The maximum absolute atomic E-state index is 15.2. The van der Waals surface area contributed by atoms with Gasteiger partial charge in [0, 0.05) is 5.39 Å². The molecule has 0 aliphatic heterocycles. The summed E-state index contributed by atoms with van der Waals surface area (Å²) in [5.74, 6) is -1.86. The van der Waals surface area contributed by atoms with Gasteiger partial charge in [0.05, 0.1) is 0 Å². The topological polar surface area (TPSA) is 0 Å². The molecule has 0 unspecified atom stereocenters. The third kappa shape index (κ3) is 7.38. The molecule has 0 radical (unpaired) electrons. The first kappa shape index (κ1) is 27.3. The summed E-state index contributed by atoms with van der Waals surface area (Å²) in [6.45, 7) is 2.24. The Morgan fingerprint density at radius 2 is 1.16 bits per heavy atom. The molecular weight excluding hydrogens is 489 g/mol. The van der Waals surface area contributed by atoms with Crippen LogP contribution in [-0.4, -0.2) is 0 Å². The average molecular weight is 523 g/mol. The van der Waals surface area contributed by atoms with Crippen LogP contribution in [0.2, 0.25) is 5.02 Å². The highest BCUT2D eigenvalue weighted by atomic mass is 35.5. The third-order valence-electron chi connectivity index (χ3n) is 7.12. The summed E-state index contributed by atoms with van der Waals surface area (Å²) < 4.78 is 42.6. The van der Waals surface area contributed by atoms with Crippen molar-refractivity contribution in [2.24, 2.45) is 0 Å². The van der Waals surface area contributed by atoms with Crippen molar-refractivity contribution in [1.29, 1.82) is 0 Å². The minimum absolute atomic E-state index is 0.274. The normalized spacial score (nSPS) is 11.4. The fraction of sp³-hybridized carbons (Fsp3) is 0.333. The highest BCUT2D eigenvalue weighted by Gasteiger charge is 2.12. The fourth-order valence-electron chi connectivity index (χ4n) is 4.86.